The topological polar surface area (TPSA) is 70.7 Å². The fourth-order valence-corrected chi connectivity index (χ4v) is 2.85. The summed E-state index contributed by atoms with van der Waals surface area (Å²) in [7, 11) is 0. The van der Waals surface area contributed by atoms with Crippen LogP contribution < -0.4 is 5.32 Å². The third kappa shape index (κ3) is 2.73. The van der Waals surface area contributed by atoms with Crippen LogP contribution in [-0.4, -0.2) is 21.2 Å². The summed E-state index contributed by atoms with van der Waals surface area (Å²) in [5.41, 5.74) is 1.86. The SMILES string of the molecule is Cc1cnn(-c2ccc(C(=O)NC3(C#N)CCCC3)cc2)c1. The summed E-state index contributed by atoms with van der Waals surface area (Å²) in [6.07, 6.45) is 7.17. The Bertz CT molecular complexity index is 718. The lowest BCUT2D eigenvalue weighted by atomic mass is 9.99. The summed E-state index contributed by atoms with van der Waals surface area (Å²) >= 11 is 0. The maximum absolute atomic E-state index is 12.3. The van der Waals surface area contributed by atoms with Crippen LogP contribution in [0.4, 0.5) is 0 Å². The van der Waals surface area contributed by atoms with Gasteiger partial charge in [-0.1, -0.05) is 0 Å². The Morgan fingerprint density at radius 2 is 2.00 bits per heavy atom. The van der Waals surface area contributed by atoms with Gasteiger partial charge in [-0.2, -0.15) is 10.4 Å². The van der Waals surface area contributed by atoms with Crippen LogP contribution in [0.2, 0.25) is 0 Å². The molecular weight excluding hydrogens is 276 g/mol. The van der Waals surface area contributed by atoms with Gasteiger partial charge >= 0.3 is 0 Å². The van der Waals surface area contributed by atoms with Crippen LogP contribution in [0.1, 0.15) is 41.6 Å². The first kappa shape index (κ1) is 14.3. The van der Waals surface area contributed by atoms with E-state index in [9.17, 15) is 10.1 Å². The summed E-state index contributed by atoms with van der Waals surface area (Å²) in [4.78, 5) is 12.3. The van der Waals surface area contributed by atoms with Gasteiger partial charge in [0.05, 0.1) is 18.0 Å². The highest BCUT2D eigenvalue weighted by molar-refractivity contribution is 5.95. The van der Waals surface area contributed by atoms with Crippen LogP contribution in [-0.2, 0) is 0 Å². The molecular formula is C17H18N4O. The first-order valence-corrected chi connectivity index (χ1v) is 7.47. The molecule has 2 aromatic rings. The molecule has 0 saturated heterocycles. The molecule has 0 unspecified atom stereocenters. The van der Waals surface area contributed by atoms with E-state index in [1.165, 1.54) is 0 Å². The third-order valence-corrected chi connectivity index (χ3v) is 4.13. The van der Waals surface area contributed by atoms with E-state index < -0.39 is 5.54 Å². The molecule has 1 N–H and O–H groups in total. The summed E-state index contributed by atoms with van der Waals surface area (Å²) < 4.78 is 1.77. The molecule has 0 aliphatic heterocycles. The quantitative estimate of drug-likeness (QED) is 0.946. The number of nitriles is 1. The number of amides is 1. The maximum Gasteiger partial charge on any atom is 0.252 e. The van der Waals surface area contributed by atoms with Gasteiger partial charge in [-0.25, -0.2) is 4.68 Å². The average molecular weight is 294 g/mol. The number of benzene rings is 1. The van der Waals surface area contributed by atoms with Crippen LogP contribution in [0.3, 0.4) is 0 Å². The molecule has 1 aliphatic rings. The van der Waals surface area contributed by atoms with Crippen molar-refractivity contribution in [3.05, 3.63) is 47.8 Å². The molecule has 22 heavy (non-hydrogen) atoms. The van der Waals surface area contributed by atoms with E-state index in [2.05, 4.69) is 16.5 Å². The number of carbonyl (C=O) groups excluding carboxylic acids is 1. The van der Waals surface area contributed by atoms with E-state index >= 15 is 0 Å². The van der Waals surface area contributed by atoms with Crippen molar-refractivity contribution in [2.24, 2.45) is 0 Å². The minimum absolute atomic E-state index is 0.188. The molecule has 5 nitrogen and oxygen atoms in total. The first-order valence-electron chi connectivity index (χ1n) is 7.47. The Morgan fingerprint density at radius 3 is 2.55 bits per heavy atom. The standard InChI is InChI=1S/C17H18N4O/c1-13-10-19-21(11-13)15-6-4-14(5-7-15)16(22)20-17(12-18)8-2-3-9-17/h4-7,10-11H,2-3,8-9H2,1H3,(H,20,22). The lowest BCUT2D eigenvalue weighted by Gasteiger charge is -2.22. The normalized spacial score (nSPS) is 16.2. The van der Waals surface area contributed by atoms with Crippen LogP contribution in [0.25, 0.3) is 5.69 Å². The van der Waals surface area contributed by atoms with Crippen molar-refractivity contribution in [2.75, 3.05) is 0 Å². The molecule has 1 heterocycles. The Hall–Kier alpha value is -2.61. The molecule has 1 amide bonds. The number of aromatic nitrogens is 2. The van der Waals surface area contributed by atoms with Crippen molar-refractivity contribution < 1.29 is 4.79 Å². The van der Waals surface area contributed by atoms with E-state index in [1.54, 1.807) is 23.0 Å². The number of hydrogen-bond acceptors (Lipinski definition) is 3. The van der Waals surface area contributed by atoms with Crippen LogP contribution in [0, 0.1) is 18.3 Å². The molecule has 112 valence electrons. The third-order valence-electron chi connectivity index (χ3n) is 4.13. The lowest BCUT2D eigenvalue weighted by molar-refractivity contribution is 0.0920. The number of carbonyl (C=O) groups is 1. The van der Waals surface area contributed by atoms with Gasteiger partial charge in [-0.05, 0) is 62.4 Å². The van der Waals surface area contributed by atoms with Crippen molar-refractivity contribution >= 4 is 5.91 Å². The Morgan fingerprint density at radius 1 is 1.32 bits per heavy atom. The molecule has 1 saturated carbocycles. The lowest BCUT2D eigenvalue weighted by Crippen LogP contribution is -2.45. The van der Waals surface area contributed by atoms with E-state index in [-0.39, 0.29) is 5.91 Å². The highest BCUT2D eigenvalue weighted by Gasteiger charge is 2.35. The zero-order valence-corrected chi connectivity index (χ0v) is 12.5. The molecule has 0 bridgehead atoms. The second-order valence-corrected chi connectivity index (χ2v) is 5.86. The first-order chi connectivity index (χ1) is 10.6. The summed E-state index contributed by atoms with van der Waals surface area (Å²) in [6, 6.07) is 9.52. The van der Waals surface area contributed by atoms with E-state index in [0.29, 0.717) is 5.56 Å². The number of nitrogens with one attached hydrogen (secondary N) is 1. The monoisotopic (exact) mass is 294 g/mol. The van der Waals surface area contributed by atoms with Crippen molar-refractivity contribution in [3.8, 4) is 11.8 Å². The van der Waals surface area contributed by atoms with Gasteiger partial charge in [0.1, 0.15) is 5.54 Å². The van der Waals surface area contributed by atoms with E-state index in [4.69, 9.17) is 0 Å². The van der Waals surface area contributed by atoms with Gasteiger partial charge < -0.3 is 5.32 Å². The summed E-state index contributed by atoms with van der Waals surface area (Å²) in [5, 5.41) is 16.5. The Labute approximate surface area is 129 Å². The minimum Gasteiger partial charge on any atom is -0.334 e. The molecule has 0 atom stereocenters. The Kier molecular flexibility index (Phi) is 3.68. The number of nitrogens with zero attached hydrogens (tertiary/aromatic N) is 3. The molecule has 1 aliphatic carbocycles. The number of hydrogen-bond donors (Lipinski definition) is 1. The van der Waals surface area contributed by atoms with Gasteiger partial charge in [0.2, 0.25) is 0 Å². The van der Waals surface area contributed by atoms with Crippen molar-refractivity contribution in [1.82, 2.24) is 15.1 Å². The van der Waals surface area contributed by atoms with Gasteiger partial charge in [0, 0.05) is 11.8 Å². The van der Waals surface area contributed by atoms with Gasteiger partial charge in [0.15, 0.2) is 0 Å². The predicted molar refractivity (Wildman–Crippen MR) is 82.6 cm³/mol. The number of rotatable bonds is 3. The fourth-order valence-electron chi connectivity index (χ4n) is 2.85. The molecule has 0 radical (unpaired) electrons. The average Bonchev–Trinajstić information content (AvgIpc) is 3.17. The molecule has 5 heteroatoms. The largest absolute Gasteiger partial charge is 0.334 e. The van der Waals surface area contributed by atoms with Crippen LogP contribution in [0.15, 0.2) is 36.7 Å². The molecule has 3 rings (SSSR count). The Balaban J connectivity index is 1.75. The minimum atomic E-state index is -0.686. The second kappa shape index (κ2) is 5.64. The zero-order chi connectivity index (χ0) is 15.6. The van der Waals surface area contributed by atoms with Gasteiger partial charge in [0.25, 0.3) is 5.91 Å². The summed E-state index contributed by atoms with van der Waals surface area (Å²) in [6.45, 7) is 1.98. The van der Waals surface area contributed by atoms with Crippen molar-refractivity contribution in [1.29, 1.82) is 5.26 Å². The van der Waals surface area contributed by atoms with E-state index in [0.717, 1.165) is 36.9 Å². The van der Waals surface area contributed by atoms with Crippen LogP contribution in [0.5, 0.6) is 0 Å². The summed E-state index contributed by atoms with van der Waals surface area (Å²) in [5.74, 6) is -0.188. The fraction of sp³-hybridized carbons (Fsp3) is 0.353. The highest BCUT2D eigenvalue weighted by atomic mass is 16.1. The zero-order valence-electron chi connectivity index (χ0n) is 12.5. The highest BCUT2D eigenvalue weighted by Crippen LogP contribution is 2.29. The molecule has 0 spiro atoms. The molecule has 1 aromatic heterocycles. The van der Waals surface area contributed by atoms with Gasteiger partial charge in [-0.3, -0.25) is 4.79 Å². The van der Waals surface area contributed by atoms with E-state index in [1.807, 2.05) is 25.3 Å². The second-order valence-electron chi connectivity index (χ2n) is 5.86. The van der Waals surface area contributed by atoms with Crippen LogP contribution >= 0.6 is 0 Å². The van der Waals surface area contributed by atoms with Crippen molar-refractivity contribution in [2.45, 2.75) is 38.1 Å². The van der Waals surface area contributed by atoms with Gasteiger partial charge in [-0.15, -0.1) is 0 Å². The molecule has 1 aromatic carbocycles. The van der Waals surface area contributed by atoms with Crippen molar-refractivity contribution in [3.63, 3.8) is 0 Å². The predicted octanol–water partition coefficient (Wildman–Crippen LogP) is 2.75. The number of aryl methyl sites for hydroxylation is 1. The molecule has 1 fully saturated rings. The maximum atomic E-state index is 12.3. The smallest absolute Gasteiger partial charge is 0.252 e.